The maximum absolute atomic E-state index is 9.66. The van der Waals surface area contributed by atoms with Crippen LogP contribution < -0.4 is 4.74 Å². The lowest BCUT2D eigenvalue weighted by Gasteiger charge is -2.41. The van der Waals surface area contributed by atoms with E-state index in [9.17, 15) is 5.11 Å². The van der Waals surface area contributed by atoms with Crippen molar-refractivity contribution in [3.8, 4) is 11.5 Å². The molecule has 1 spiro atoms. The summed E-state index contributed by atoms with van der Waals surface area (Å²) in [7, 11) is 1.54. The Morgan fingerprint density at radius 2 is 2.05 bits per heavy atom. The van der Waals surface area contributed by atoms with Gasteiger partial charge in [0.1, 0.15) is 0 Å². The van der Waals surface area contributed by atoms with Crippen LogP contribution in [0, 0.1) is 17.3 Å². The lowest BCUT2D eigenvalue weighted by atomic mass is 9.76. The van der Waals surface area contributed by atoms with Gasteiger partial charge in [-0.2, -0.15) is 0 Å². The third-order valence-corrected chi connectivity index (χ3v) is 5.15. The van der Waals surface area contributed by atoms with E-state index in [-0.39, 0.29) is 17.5 Å². The van der Waals surface area contributed by atoms with Crippen molar-refractivity contribution in [1.82, 2.24) is 0 Å². The molecule has 4 heteroatoms. The first-order valence-corrected chi connectivity index (χ1v) is 7.49. The van der Waals surface area contributed by atoms with Crippen LogP contribution in [0.3, 0.4) is 0 Å². The lowest BCUT2D eigenvalue weighted by molar-refractivity contribution is -0.239. The fraction of sp³-hybridized carbons (Fsp3) is 0.529. The molecular formula is C17H20O4. The van der Waals surface area contributed by atoms with Crippen molar-refractivity contribution >= 4 is 0 Å². The van der Waals surface area contributed by atoms with E-state index < -0.39 is 0 Å². The van der Waals surface area contributed by atoms with Crippen molar-refractivity contribution in [2.75, 3.05) is 20.3 Å². The summed E-state index contributed by atoms with van der Waals surface area (Å²) < 4.78 is 17.1. The van der Waals surface area contributed by atoms with Crippen LogP contribution >= 0.6 is 0 Å². The number of hydrogen-bond donors (Lipinski definition) is 1. The monoisotopic (exact) mass is 288 g/mol. The molecule has 0 unspecified atom stereocenters. The molecule has 1 saturated heterocycles. The van der Waals surface area contributed by atoms with Gasteiger partial charge in [0, 0.05) is 11.0 Å². The number of phenolic OH excluding ortho intramolecular Hbond substituents is 1. The first-order valence-electron chi connectivity index (χ1n) is 7.49. The largest absolute Gasteiger partial charge is 0.504 e. The zero-order valence-corrected chi connectivity index (χ0v) is 12.1. The number of phenols is 1. The molecule has 2 fully saturated rings. The molecule has 112 valence electrons. The number of hydrogen-bond acceptors (Lipinski definition) is 4. The van der Waals surface area contributed by atoms with Gasteiger partial charge in [0.2, 0.25) is 0 Å². The minimum absolute atomic E-state index is 0.131. The lowest BCUT2D eigenvalue weighted by Crippen LogP contribution is -2.41. The van der Waals surface area contributed by atoms with Crippen LogP contribution in [0.4, 0.5) is 0 Å². The van der Waals surface area contributed by atoms with Crippen LogP contribution in [0.15, 0.2) is 30.4 Å². The molecule has 2 bridgehead atoms. The Bertz CT molecular complexity index is 572. The van der Waals surface area contributed by atoms with Crippen molar-refractivity contribution < 1.29 is 19.3 Å². The van der Waals surface area contributed by atoms with E-state index >= 15 is 0 Å². The second kappa shape index (κ2) is 4.75. The Kier molecular flexibility index (Phi) is 2.98. The number of methoxy groups -OCH3 is 1. The second-order valence-electron chi connectivity index (χ2n) is 6.44. The van der Waals surface area contributed by atoms with E-state index in [0.29, 0.717) is 17.6 Å². The molecule has 4 nitrogen and oxygen atoms in total. The molecule has 2 aliphatic carbocycles. The maximum atomic E-state index is 9.66. The number of aromatic hydroxyl groups is 1. The molecule has 1 aromatic rings. The molecule has 0 amide bonds. The molecule has 1 heterocycles. The summed E-state index contributed by atoms with van der Waals surface area (Å²) in [5.74, 6) is 1.90. The molecule has 2 atom stereocenters. The first kappa shape index (κ1) is 13.2. The normalized spacial score (nSPS) is 37.3. The number of fused-ring (bicyclic) bond motifs is 3. The highest BCUT2D eigenvalue weighted by Gasteiger charge is 2.51. The van der Waals surface area contributed by atoms with Crippen LogP contribution in [0.5, 0.6) is 11.5 Å². The summed E-state index contributed by atoms with van der Waals surface area (Å²) in [5.41, 5.74) is 1.06. The predicted octanol–water partition coefficient (Wildman–Crippen LogP) is 3.03. The minimum atomic E-state index is -0.367. The number of allylic oxidation sites excluding steroid dienone is 2. The van der Waals surface area contributed by atoms with Crippen LogP contribution in [0.1, 0.15) is 24.7 Å². The van der Waals surface area contributed by atoms with Gasteiger partial charge in [-0.3, -0.25) is 0 Å². The summed E-state index contributed by atoms with van der Waals surface area (Å²) in [6.07, 6.45) is 6.75. The van der Waals surface area contributed by atoms with E-state index in [4.69, 9.17) is 14.2 Å². The highest BCUT2D eigenvalue weighted by atomic mass is 16.7. The molecular weight excluding hydrogens is 268 g/mol. The minimum Gasteiger partial charge on any atom is -0.504 e. The Balaban J connectivity index is 1.49. The van der Waals surface area contributed by atoms with Gasteiger partial charge in [-0.1, -0.05) is 18.2 Å². The summed E-state index contributed by atoms with van der Waals surface area (Å²) in [6, 6.07) is 5.21. The van der Waals surface area contributed by atoms with E-state index in [1.807, 2.05) is 6.07 Å². The third kappa shape index (κ3) is 2.05. The molecule has 1 N–H and O–H groups in total. The van der Waals surface area contributed by atoms with Crippen molar-refractivity contribution in [1.29, 1.82) is 0 Å². The van der Waals surface area contributed by atoms with E-state index in [2.05, 4.69) is 12.2 Å². The van der Waals surface area contributed by atoms with Crippen LogP contribution in [-0.2, 0) is 9.47 Å². The first-order chi connectivity index (χ1) is 10.2. The van der Waals surface area contributed by atoms with Crippen LogP contribution in [0.25, 0.3) is 0 Å². The molecule has 0 radical (unpaired) electrons. The SMILES string of the molecule is COc1cc(C2OCC3(CO2)C[C@@H]2C=C[C@@H]3C2)ccc1O. The molecule has 1 aromatic carbocycles. The zero-order chi connectivity index (χ0) is 14.4. The summed E-state index contributed by atoms with van der Waals surface area (Å²) >= 11 is 0. The average molecular weight is 288 g/mol. The van der Waals surface area contributed by atoms with Gasteiger partial charge in [0.15, 0.2) is 17.8 Å². The molecule has 0 aromatic heterocycles. The summed E-state index contributed by atoms with van der Waals surface area (Å²) in [6.45, 7) is 1.48. The standard InChI is InChI=1S/C17H20O4/c1-19-15-7-12(3-5-14(15)18)16-20-9-17(10-21-16)8-11-2-4-13(17)6-11/h2-5,7,11,13,16,18H,6,8-10H2,1H3/t11-,13-,16?,17?/m1/s1. The quantitative estimate of drug-likeness (QED) is 0.850. The highest BCUT2D eigenvalue weighted by Crippen LogP contribution is 2.54. The number of ether oxygens (including phenoxy) is 3. The summed E-state index contributed by atoms with van der Waals surface area (Å²) in [4.78, 5) is 0. The third-order valence-electron chi connectivity index (χ3n) is 5.15. The summed E-state index contributed by atoms with van der Waals surface area (Å²) in [5, 5.41) is 9.66. The molecule has 21 heavy (non-hydrogen) atoms. The van der Waals surface area contributed by atoms with Crippen molar-refractivity contribution in [3.05, 3.63) is 35.9 Å². The molecule has 4 rings (SSSR count). The maximum Gasteiger partial charge on any atom is 0.183 e. The van der Waals surface area contributed by atoms with E-state index in [1.54, 1.807) is 12.1 Å². The Morgan fingerprint density at radius 1 is 1.24 bits per heavy atom. The Labute approximate surface area is 124 Å². The Morgan fingerprint density at radius 3 is 2.67 bits per heavy atom. The smallest absolute Gasteiger partial charge is 0.183 e. The van der Waals surface area contributed by atoms with E-state index in [0.717, 1.165) is 18.8 Å². The van der Waals surface area contributed by atoms with Crippen LogP contribution in [0.2, 0.25) is 0 Å². The van der Waals surface area contributed by atoms with Gasteiger partial charge in [0.05, 0.1) is 20.3 Å². The van der Waals surface area contributed by atoms with Crippen molar-refractivity contribution in [2.24, 2.45) is 17.3 Å². The van der Waals surface area contributed by atoms with E-state index in [1.165, 1.54) is 20.0 Å². The predicted molar refractivity (Wildman–Crippen MR) is 77.1 cm³/mol. The fourth-order valence-corrected chi connectivity index (χ4v) is 3.99. The van der Waals surface area contributed by atoms with Gasteiger partial charge < -0.3 is 19.3 Å². The molecule has 1 saturated carbocycles. The molecule has 3 aliphatic rings. The van der Waals surface area contributed by atoms with Gasteiger partial charge in [-0.25, -0.2) is 0 Å². The fourth-order valence-electron chi connectivity index (χ4n) is 3.99. The number of rotatable bonds is 2. The van der Waals surface area contributed by atoms with Gasteiger partial charge >= 0.3 is 0 Å². The second-order valence-corrected chi connectivity index (χ2v) is 6.44. The Hall–Kier alpha value is -1.52. The highest BCUT2D eigenvalue weighted by molar-refractivity contribution is 5.42. The topological polar surface area (TPSA) is 47.9 Å². The van der Waals surface area contributed by atoms with Gasteiger partial charge in [0.25, 0.3) is 0 Å². The van der Waals surface area contributed by atoms with Crippen LogP contribution in [-0.4, -0.2) is 25.4 Å². The van der Waals surface area contributed by atoms with Crippen molar-refractivity contribution in [2.45, 2.75) is 19.1 Å². The zero-order valence-electron chi connectivity index (χ0n) is 12.1. The van der Waals surface area contributed by atoms with Gasteiger partial charge in [-0.15, -0.1) is 0 Å². The van der Waals surface area contributed by atoms with Gasteiger partial charge in [-0.05, 0) is 36.8 Å². The van der Waals surface area contributed by atoms with Crippen molar-refractivity contribution in [3.63, 3.8) is 0 Å². The molecule has 1 aliphatic heterocycles. The number of benzene rings is 1. The average Bonchev–Trinajstić information content (AvgIpc) is 3.10.